The maximum atomic E-state index is 13.3. The van der Waals surface area contributed by atoms with Crippen molar-refractivity contribution in [2.45, 2.75) is 57.8 Å². The molecule has 0 amide bonds. The Hall–Kier alpha value is -1.66. The Kier molecular flexibility index (Phi) is 3.41. The second-order valence-electron chi connectivity index (χ2n) is 7.74. The van der Waals surface area contributed by atoms with Crippen molar-refractivity contribution in [2.75, 3.05) is 0 Å². The van der Waals surface area contributed by atoms with E-state index in [9.17, 15) is 4.39 Å². The molecule has 4 rings (SSSR count). The van der Waals surface area contributed by atoms with Gasteiger partial charge in [-0.15, -0.1) is 0 Å². The minimum Gasteiger partial charge on any atom is -0.399 e. The van der Waals surface area contributed by atoms with Crippen molar-refractivity contribution in [1.29, 1.82) is 0 Å². The van der Waals surface area contributed by atoms with Crippen LogP contribution in [0.25, 0.3) is 11.3 Å². The Balaban J connectivity index is 1.76. The number of rotatable bonds is 3. The predicted molar refractivity (Wildman–Crippen MR) is 91.6 cm³/mol. The lowest BCUT2D eigenvalue weighted by Crippen LogP contribution is -2.41. The molecule has 2 fully saturated rings. The summed E-state index contributed by atoms with van der Waals surface area (Å²) in [4.78, 5) is 0. The van der Waals surface area contributed by atoms with Crippen LogP contribution in [-0.4, -0.2) is 28.1 Å². The Bertz CT molecular complexity index is 750. The van der Waals surface area contributed by atoms with E-state index in [2.05, 4.69) is 0 Å². The van der Waals surface area contributed by atoms with Crippen molar-refractivity contribution in [2.24, 2.45) is 0 Å². The molecule has 0 N–H and O–H groups in total. The van der Waals surface area contributed by atoms with E-state index in [1.807, 2.05) is 38.6 Å². The third-order valence-corrected chi connectivity index (χ3v) is 5.31. The van der Waals surface area contributed by atoms with Crippen molar-refractivity contribution >= 4 is 12.6 Å². The molecule has 0 atom stereocenters. The van der Waals surface area contributed by atoms with Gasteiger partial charge in [-0.25, -0.2) is 4.39 Å². The molecule has 6 heteroatoms. The zero-order valence-electron chi connectivity index (χ0n) is 14.5. The van der Waals surface area contributed by atoms with E-state index < -0.39 is 18.3 Å². The highest BCUT2D eigenvalue weighted by Gasteiger charge is 2.53. The molecular formula is C18H22BFN2O2. The van der Waals surface area contributed by atoms with Crippen molar-refractivity contribution in [1.82, 2.24) is 9.78 Å². The summed E-state index contributed by atoms with van der Waals surface area (Å²) in [5, 5.41) is 4.75. The summed E-state index contributed by atoms with van der Waals surface area (Å²) in [6.07, 6.45) is 4.32. The van der Waals surface area contributed by atoms with E-state index in [1.54, 1.807) is 12.1 Å². The quantitative estimate of drug-likeness (QED) is 0.811. The number of halogens is 1. The SMILES string of the molecule is CC1(C)OB(c2cn(C3CC3)nc2-c2ccc(F)cc2)OC1(C)C. The Morgan fingerprint density at radius 1 is 1.08 bits per heavy atom. The molecule has 2 aromatic rings. The highest BCUT2D eigenvalue weighted by atomic mass is 19.1. The third kappa shape index (κ3) is 2.58. The van der Waals surface area contributed by atoms with Crippen LogP contribution < -0.4 is 5.46 Å². The summed E-state index contributed by atoms with van der Waals surface area (Å²) < 4.78 is 27.7. The molecule has 1 aromatic carbocycles. The van der Waals surface area contributed by atoms with E-state index in [1.165, 1.54) is 12.1 Å². The fraction of sp³-hybridized carbons (Fsp3) is 0.500. The van der Waals surface area contributed by atoms with Gasteiger partial charge in [0.1, 0.15) is 5.82 Å². The first-order valence-corrected chi connectivity index (χ1v) is 8.47. The van der Waals surface area contributed by atoms with Gasteiger partial charge in [0, 0.05) is 17.2 Å². The van der Waals surface area contributed by atoms with E-state index in [-0.39, 0.29) is 5.82 Å². The van der Waals surface area contributed by atoms with Gasteiger partial charge in [-0.1, -0.05) is 0 Å². The Morgan fingerprint density at radius 3 is 2.21 bits per heavy atom. The zero-order valence-corrected chi connectivity index (χ0v) is 14.5. The lowest BCUT2D eigenvalue weighted by atomic mass is 9.78. The van der Waals surface area contributed by atoms with Gasteiger partial charge in [0.2, 0.25) is 0 Å². The number of hydrogen-bond donors (Lipinski definition) is 0. The van der Waals surface area contributed by atoms with Gasteiger partial charge in [0.25, 0.3) is 0 Å². The van der Waals surface area contributed by atoms with Crippen molar-refractivity contribution in [3.8, 4) is 11.3 Å². The van der Waals surface area contributed by atoms with Crippen LogP contribution in [0.3, 0.4) is 0 Å². The molecule has 1 aliphatic carbocycles. The fourth-order valence-corrected chi connectivity index (χ4v) is 2.91. The van der Waals surface area contributed by atoms with Gasteiger partial charge in [0.05, 0.1) is 22.9 Å². The molecule has 24 heavy (non-hydrogen) atoms. The standard InChI is InChI=1S/C18H22BFN2O2/c1-17(2)18(3,4)24-19(23-17)15-11-22(14-9-10-14)21-16(15)12-5-7-13(20)8-6-12/h5-8,11,14H,9-10H2,1-4H3. The number of hydrogen-bond acceptors (Lipinski definition) is 3. The summed E-state index contributed by atoms with van der Waals surface area (Å²) in [7, 11) is -0.470. The highest BCUT2D eigenvalue weighted by molar-refractivity contribution is 6.63. The van der Waals surface area contributed by atoms with Crippen LogP contribution in [0.2, 0.25) is 0 Å². The number of aromatic nitrogens is 2. The van der Waals surface area contributed by atoms with Crippen LogP contribution >= 0.6 is 0 Å². The average molecular weight is 328 g/mol. The zero-order chi connectivity index (χ0) is 17.1. The van der Waals surface area contributed by atoms with E-state index in [4.69, 9.17) is 14.4 Å². The molecule has 0 unspecified atom stereocenters. The topological polar surface area (TPSA) is 36.3 Å². The molecule has 1 saturated carbocycles. The average Bonchev–Trinajstić information content (AvgIpc) is 3.21. The Labute approximate surface area is 142 Å². The van der Waals surface area contributed by atoms with Crippen LogP contribution in [0.5, 0.6) is 0 Å². The number of benzene rings is 1. The van der Waals surface area contributed by atoms with Crippen LogP contribution in [-0.2, 0) is 9.31 Å². The molecule has 4 nitrogen and oxygen atoms in total. The lowest BCUT2D eigenvalue weighted by molar-refractivity contribution is 0.00578. The maximum Gasteiger partial charge on any atom is 0.498 e. The molecule has 0 radical (unpaired) electrons. The highest BCUT2D eigenvalue weighted by Crippen LogP contribution is 2.38. The molecule has 1 aromatic heterocycles. The summed E-state index contributed by atoms with van der Waals surface area (Å²) >= 11 is 0. The number of nitrogens with zero attached hydrogens (tertiary/aromatic N) is 2. The maximum absolute atomic E-state index is 13.3. The third-order valence-electron chi connectivity index (χ3n) is 5.31. The van der Waals surface area contributed by atoms with Crippen LogP contribution in [0, 0.1) is 5.82 Å². The van der Waals surface area contributed by atoms with E-state index >= 15 is 0 Å². The molecule has 0 spiro atoms. The van der Waals surface area contributed by atoms with Crippen LogP contribution in [0.4, 0.5) is 4.39 Å². The van der Waals surface area contributed by atoms with E-state index in [0.717, 1.165) is 29.6 Å². The van der Waals surface area contributed by atoms with Gasteiger partial charge in [-0.05, 0) is 64.8 Å². The van der Waals surface area contributed by atoms with Crippen LogP contribution in [0.1, 0.15) is 46.6 Å². The van der Waals surface area contributed by atoms with Gasteiger partial charge in [-0.2, -0.15) is 5.10 Å². The van der Waals surface area contributed by atoms with E-state index in [0.29, 0.717) is 6.04 Å². The molecular weight excluding hydrogens is 306 g/mol. The van der Waals surface area contributed by atoms with Crippen molar-refractivity contribution in [3.05, 3.63) is 36.3 Å². The molecule has 1 saturated heterocycles. The van der Waals surface area contributed by atoms with Gasteiger partial charge in [0.15, 0.2) is 0 Å². The van der Waals surface area contributed by atoms with Gasteiger partial charge in [-0.3, -0.25) is 4.68 Å². The normalized spacial score (nSPS) is 22.1. The predicted octanol–water partition coefficient (Wildman–Crippen LogP) is 3.32. The minimum absolute atomic E-state index is 0.252. The summed E-state index contributed by atoms with van der Waals surface area (Å²) in [6, 6.07) is 6.88. The molecule has 0 bridgehead atoms. The van der Waals surface area contributed by atoms with Crippen LogP contribution in [0.15, 0.2) is 30.5 Å². The van der Waals surface area contributed by atoms with Gasteiger partial charge >= 0.3 is 7.12 Å². The summed E-state index contributed by atoms with van der Waals surface area (Å²) in [5.41, 5.74) is 1.78. The monoisotopic (exact) mass is 328 g/mol. The minimum atomic E-state index is -0.470. The van der Waals surface area contributed by atoms with Gasteiger partial charge < -0.3 is 9.31 Å². The second-order valence-corrected chi connectivity index (χ2v) is 7.74. The first-order valence-electron chi connectivity index (χ1n) is 8.47. The first-order chi connectivity index (χ1) is 11.3. The Morgan fingerprint density at radius 2 is 1.67 bits per heavy atom. The molecule has 2 heterocycles. The molecule has 126 valence electrons. The van der Waals surface area contributed by atoms with Crippen molar-refractivity contribution in [3.63, 3.8) is 0 Å². The smallest absolute Gasteiger partial charge is 0.399 e. The largest absolute Gasteiger partial charge is 0.498 e. The lowest BCUT2D eigenvalue weighted by Gasteiger charge is -2.32. The summed E-state index contributed by atoms with van der Waals surface area (Å²) in [6.45, 7) is 8.15. The van der Waals surface area contributed by atoms with Crippen molar-refractivity contribution < 1.29 is 13.7 Å². The fourth-order valence-electron chi connectivity index (χ4n) is 2.91. The molecule has 2 aliphatic rings. The first kappa shape index (κ1) is 15.8. The summed E-state index contributed by atoms with van der Waals surface area (Å²) in [5.74, 6) is -0.252. The second kappa shape index (κ2) is 5.17. The molecule has 1 aliphatic heterocycles.